The highest BCUT2D eigenvalue weighted by Crippen LogP contribution is 2.23. The number of hydrogen-bond acceptors (Lipinski definition) is 2. The molecule has 2 rings (SSSR count). The number of benzene rings is 1. The second-order valence-electron chi connectivity index (χ2n) is 4.19. The minimum absolute atomic E-state index is 0.331. The zero-order valence-electron chi connectivity index (χ0n) is 9.83. The summed E-state index contributed by atoms with van der Waals surface area (Å²) >= 11 is 0. The lowest BCUT2D eigenvalue weighted by atomic mass is 10.1. The summed E-state index contributed by atoms with van der Waals surface area (Å²) < 4.78 is 0. The molecule has 0 radical (unpaired) electrons. The zero-order chi connectivity index (χ0) is 11.5. The van der Waals surface area contributed by atoms with Crippen molar-refractivity contribution in [2.75, 3.05) is 20.1 Å². The topological polar surface area (TPSA) is 39.3 Å². The lowest BCUT2D eigenvalue weighted by molar-refractivity contribution is 0.358. The van der Waals surface area contributed by atoms with Gasteiger partial charge in [-0.2, -0.15) is 0 Å². The average molecular weight is 218 g/mol. The number of nitrogens with one attached hydrogen (secondary N) is 1. The van der Waals surface area contributed by atoms with Crippen LogP contribution in [0.1, 0.15) is 12.5 Å². The van der Waals surface area contributed by atoms with Crippen LogP contribution in [0.15, 0.2) is 24.4 Å². The predicted molar refractivity (Wildman–Crippen MR) is 66.8 cm³/mol. The first-order valence-corrected chi connectivity index (χ1v) is 5.68. The number of phenols is 1. The molecule has 0 unspecified atom stereocenters. The smallest absolute Gasteiger partial charge is 0.116 e. The lowest BCUT2D eigenvalue weighted by Gasteiger charge is -2.12. The van der Waals surface area contributed by atoms with Crippen molar-refractivity contribution >= 4 is 10.9 Å². The average Bonchev–Trinajstić information content (AvgIpc) is 2.68. The van der Waals surface area contributed by atoms with Crippen LogP contribution in [-0.4, -0.2) is 35.1 Å². The van der Waals surface area contributed by atoms with Gasteiger partial charge in [0.15, 0.2) is 0 Å². The Morgan fingerprint density at radius 1 is 1.38 bits per heavy atom. The van der Waals surface area contributed by atoms with Crippen molar-refractivity contribution in [3.63, 3.8) is 0 Å². The molecular weight excluding hydrogens is 200 g/mol. The Bertz CT molecular complexity index is 476. The van der Waals surface area contributed by atoms with Crippen LogP contribution in [0.4, 0.5) is 0 Å². The van der Waals surface area contributed by atoms with E-state index in [1.165, 1.54) is 5.56 Å². The largest absolute Gasteiger partial charge is 0.508 e. The molecule has 0 aliphatic rings. The molecule has 0 amide bonds. The number of aromatic hydroxyl groups is 1. The number of aromatic amines is 1. The molecule has 1 aromatic carbocycles. The maximum Gasteiger partial charge on any atom is 0.116 e. The second-order valence-corrected chi connectivity index (χ2v) is 4.19. The minimum Gasteiger partial charge on any atom is -0.508 e. The molecule has 3 nitrogen and oxygen atoms in total. The van der Waals surface area contributed by atoms with Crippen molar-refractivity contribution in [3.05, 3.63) is 30.0 Å². The number of phenolic OH excluding ortho intramolecular Hbond substituents is 1. The van der Waals surface area contributed by atoms with E-state index in [2.05, 4.69) is 23.9 Å². The van der Waals surface area contributed by atoms with Crippen LogP contribution in [0.25, 0.3) is 10.9 Å². The van der Waals surface area contributed by atoms with Crippen molar-refractivity contribution in [2.45, 2.75) is 13.3 Å². The fourth-order valence-electron chi connectivity index (χ4n) is 1.84. The van der Waals surface area contributed by atoms with Gasteiger partial charge in [-0.05, 0) is 43.8 Å². The minimum atomic E-state index is 0.331. The summed E-state index contributed by atoms with van der Waals surface area (Å²) in [7, 11) is 2.12. The molecule has 0 atom stereocenters. The first-order chi connectivity index (χ1) is 7.70. The van der Waals surface area contributed by atoms with E-state index < -0.39 is 0 Å². The van der Waals surface area contributed by atoms with Gasteiger partial charge in [-0.15, -0.1) is 0 Å². The standard InChI is InChI=1S/C13H18N2O/c1-3-15(2)7-6-10-9-14-13-5-4-11(16)8-12(10)13/h4-5,8-9,14,16H,3,6-7H2,1-2H3. The molecule has 86 valence electrons. The number of fused-ring (bicyclic) bond motifs is 1. The van der Waals surface area contributed by atoms with Gasteiger partial charge in [0.1, 0.15) is 5.75 Å². The van der Waals surface area contributed by atoms with E-state index in [-0.39, 0.29) is 0 Å². The normalized spacial score (nSPS) is 11.4. The van der Waals surface area contributed by atoms with Gasteiger partial charge in [-0.3, -0.25) is 0 Å². The van der Waals surface area contributed by atoms with Crippen LogP contribution >= 0.6 is 0 Å². The molecule has 16 heavy (non-hydrogen) atoms. The molecule has 1 aromatic heterocycles. The number of hydrogen-bond donors (Lipinski definition) is 2. The molecule has 2 aromatic rings. The third-order valence-corrected chi connectivity index (χ3v) is 3.05. The fourth-order valence-corrected chi connectivity index (χ4v) is 1.84. The van der Waals surface area contributed by atoms with Gasteiger partial charge >= 0.3 is 0 Å². The van der Waals surface area contributed by atoms with Crippen LogP contribution in [0, 0.1) is 0 Å². The molecule has 0 fully saturated rings. The number of nitrogens with zero attached hydrogens (tertiary/aromatic N) is 1. The number of H-pyrrole nitrogens is 1. The molecule has 0 aliphatic heterocycles. The Hall–Kier alpha value is -1.48. The Labute approximate surface area is 95.7 Å². The molecular formula is C13H18N2O. The fraction of sp³-hybridized carbons (Fsp3) is 0.385. The maximum absolute atomic E-state index is 9.47. The summed E-state index contributed by atoms with van der Waals surface area (Å²) in [6.45, 7) is 4.26. The highest BCUT2D eigenvalue weighted by Gasteiger charge is 2.05. The van der Waals surface area contributed by atoms with Crippen LogP contribution in [0.2, 0.25) is 0 Å². The zero-order valence-corrected chi connectivity index (χ0v) is 9.83. The predicted octanol–water partition coefficient (Wildman–Crippen LogP) is 2.37. The van der Waals surface area contributed by atoms with Gasteiger partial charge in [-0.1, -0.05) is 6.92 Å². The van der Waals surface area contributed by atoms with Crippen LogP contribution in [-0.2, 0) is 6.42 Å². The summed E-state index contributed by atoms with van der Waals surface area (Å²) in [5, 5.41) is 10.6. The van der Waals surface area contributed by atoms with Crippen molar-refractivity contribution in [3.8, 4) is 5.75 Å². The van der Waals surface area contributed by atoms with Crippen LogP contribution in [0.5, 0.6) is 5.75 Å². The van der Waals surface area contributed by atoms with Crippen LogP contribution in [0.3, 0.4) is 0 Å². The highest BCUT2D eigenvalue weighted by molar-refractivity contribution is 5.84. The van der Waals surface area contributed by atoms with Crippen molar-refractivity contribution in [1.29, 1.82) is 0 Å². The second kappa shape index (κ2) is 4.58. The van der Waals surface area contributed by atoms with Crippen molar-refractivity contribution < 1.29 is 5.11 Å². The van der Waals surface area contributed by atoms with Crippen molar-refractivity contribution in [1.82, 2.24) is 9.88 Å². The van der Waals surface area contributed by atoms with Gasteiger partial charge < -0.3 is 15.0 Å². The molecule has 3 heteroatoms. The Kier molecular flexibility index (Phi) is 3.15. The first kappa shape index (κ1) is 11.0. The molecule has 0 aliphatic carbocycles. The summed E-state index contributed by atoms with van der Waals surface area (Å²) in [6, 6.07) is 5.45. The van der Waals surface area contributed by atoms with Gasteiger partial charge in [0.2, 0.25) is 0 Å². The van der Waals surface area contributed by atoms with Gasteiger partial charge in [0.05, 0.1) is 0 Å². The maximum atomic E-state index is 9.47. The SMILES string of the molecule is CCN(C)CCc1c[nH]c2ccc(O)cc12. The van der Waals surface area contributed by atoms with Crippen molar-refractivity contribution in [2.24, 2.45) is 0 Å². The van der Waals surface area contributed by atoms with E-state index in [9.17, 15) is 5.11 Å². The van der Waals surface area contributed by atoms with E-state index in [1.54, 1.807) is 6.07 Å². The monoisotopic (exact) mass is 218 g/mol. The summed E-state index contributed by atoms with van der Waals surface area (Å²) in [5.74, 6) is 0.331. The molecule has 2 N–H and O–H groups in total. The molecule has 0 saturated carbocycles. The highest BCUT2D eigenvalue weighted by atomic mass is 16.3. The van der Waals surface area contributed by atoms with E-state index in [0.717, 1.165) is 30.4 Å². The third kappa shape index (κ3) is 2.19. The Morgan fingerprint density at radius 2 is 2.19 bits per heavy atom. The van der Waals surface area contributed by atoms with E-state index >= 15 is 0 Å². The quantitative estimate of drug-likeness (QED) is 0.827. The molecule has 0 bridgehead atoms. The summed E-state index contributed by atoms with van der Waals surface area (Å²) in [6.07, 6.45) is 3.04. The lowest BCUT2D eigenvalue weighted by Crippen LogP contribution is -2.20. The number of aromatic nitrogens is 1. The van der Waals surface area contributed by atoms with Gasteiger partial charge in [0.25, 0.3) is 0 Å². The van der Waals surface area contributed by atoms with Gasteiger partial charge in [-0.25, -0.2) is 0 Å². The third-order valence-electron chi connectivity index (χ3n) is 3.05. The van der Waals surface area contributed by atoms with E-state index in [1.807, 2.05) is 18.3 Å². The molecule has 0 spiro atoms. The summed E-state index contributed by atoms with van der Waals surface area (Å²) in [4.78, 5) is 5.51. The summed E-state index contributed by atoms with van der Waals surface area (Å²) in [5.41, 5.74) is 2.36. The first-order valence-electron chi connectivity index (χ1n) is 5.68. The number of rotatable bonds is 4. The van der Waals surface area contributed by atoms with Gasteiger partial charge in [0, 0.05) is 23.6 Å². The molecule has 0 saturated heterocycles. The molecule has 1 heterocycles. The van der Waals surface area contributed by atoms with E-state index in [0.29, 0.717) is 5.75 Å². The number of likely N-dealkylation sites (N-methyl/N-ethyl adjacent to an activating group) is 1. The Balaban J connectivity index is 2.21. The van der Waals surface area contributed by atoms with E-state index in [4.69, 9.17) is 0 Å². The Morgan fingerprint density at radius 3 is 2.94 bits per heavy atom. The van der Waals surface area contributed by atoms with Crippen LogP contribution < -0.4 is 0 Å².